The van der Waals surface area contributed by atoms with Gasteiger partial charge >= 0.3 is 0 Å². The third-order valence-electron chi connectivity index (χ3n) is 8.91. The van der Waals surface area contributed by atoms with Gasteiger partial charge in [-0.15, -0.1) is 0 Å². The fraction of sp³-hybridized carbons (Fsp3) is 0.778. The lowest BCUT2D eigenvalue weighted by atomic mass is 9.60. The van der Waals surface area contributed by atoms with Crippen molar-refractivity contribution in [2.45, 2.75) is 103 Å². The molecule has 2 heteroatoms. The van der Waals surface area contributed by atoms with Gasteiger partial charge in [-0.05, 0) is 111 Å². The summed E-state index contributed by atoms with van der Waals surface area (Å²) in [5.41, 5.74) is 1.04. The third kappa shape index (κ3) is 4.72. The number of benzene rings is 1. The van der Waals surface area contributed by atoms with Crippen molar-refractivity contribution >= 4 is 0 Å². The minimum absolute atomic E-state index is 0.215. The third-order valence-corrected chi connectivity index (χ3v) is 8.91. The fourth-order valence-corrected chi connectivity index (χ4v) is 7.08. The lowest BCUT2D eigenvalue weighted by molar-refractivity contribution is 0.0613. The normalized spacial score (nSPS) is 35.3. The maximum Gasteiger partial charge on any atom is 0.162 e. The van der Waals surface area contributed by atoms with Gasteiger partial charge in [0.2, 0.25) is 0 Å². The van der Waals surface area contributed by atoms with E-state index in [1.807, 2.05) is 6.07 Å². The van der Waals surface area contributed by atoms with E-state index < -0.39 is 11.6 Å². The molecule has 4 unspecified atom stereocenters. The molecule has 0 aliphatic heterocycles. The molecule has 1 aromatic carbocycles. The van der Waals surface area contributed by atoms with Crippen molar-refractivity contribution in [1.29, 1.82) is 0 Å². The van der Waals surface area contributed by atoms with Gasteiger partial charge in [-0.25, -0.2) is 8.78 Å². The lowest BCUT2D eigenvalue weighted by Crippen LogP contribution is -2.34. The molecule has 3 saturated carbocycles. The Balaban J connectivity index is 1.29. The minimum atomic E-state index is -0.641. The van der Waals surface area contributed by atoms with Crippen molar-refractivity contribution in [3.8, 4) is 0 Å². The van der Waals surface area contributed by atoms with Crippen LogP contribution in [-0.2, 0) is 0 Å². The lowest BCUT2D eigenvalue weighted by Gasteiger charge is -2.45. The first-order valence-electron chi connectivity index (χ1n) is 12.5. The fourth-order valence-electron chi connectivity index (χ4n) is 7.08. The largest absolute Gasteiger partial charge is 0.203 e. The summed E-state index contributed by atoms with van der Waals surface area (Å²) in [5.74, 6) is 3.69. The maximum atomic E-state index is 14.4. The Hall–Kier alpha value is -0.920. The van der Waals surface area contributed by atoms with Gasteiger partial charge in [-0.1, -0.05) is 44.7 Å². The van der Waals surface area contributed by atoms with E-state index in [1.165, 1.54) is 70.6 Å². The highest BCUT2D eigenvalue weighted by molar-refractivity contribution is 5.28. The Bertz CT molecular complexity index is 673. The summed E-state index contributed by atoms with van der Waals surface area (Å²) in [5, 5.41) is 0. The van der Waals surface area contributed by atoms with Crippen LogP contribution in [0.3, 0.4) is 0 Å². The van der Waals surface area contributed by atoms with E-state index in [-0.39, 0.29) is 5.92 Å². The number of hydrogen-bond donors (Lipinski definition) is 0. The van der Waals surface area contributed by atoms with Crippen molar-refractivity contribution in [3.63, 3.8) is 0 Å². The predicted molar refractivity (Wildman–Crippen MR) is 117 cm³/mol. The summed E-state index contributed by atoms with van der Waals surface area (Å²) >= 11 is 0. The second-order valence-corrected chi connectivity index (χ2v) is 10.6. The van der Waals surface area contributed by atoms with Gasteiger partial charge in [0.05, 0.1) is 0 Å². The van der Waals surface area contributed by atoms with E-state index in [0.29, 0.717) is 11.1 Å². The smallest absolute Gasteiger partial charge is 0.162 e. The maximum absolute atomic E-state index is 14.4. The Morgan fingerprint density at radius 3 is 2.10 bits per heavy atom. The summed E-state index contributed by atoms with van der Waals surface area (Å²) in [7, 11) is 0. The molecule has 0 nitrogen and oxygen atoms in total. The Morgan fingerprint density at radius 2 is 1.38 bits per heavy atom. The molecule has 0 aromatic heterocycles. The zero-order valence-corrected chi connectivity index (χ0v) is 18.6. The number of hydrogen-bond acceptors (Lipinski definition) is 0. The van der Waals surface area contributed by atoms with Gasteiger partial charge in [-0.3, -0.25) is 0 Å². The van der Waals surface area contributed by atoms with Crippen molar-refractivity contribution < 1.29 is 8.78 Å². The van der Waals surface area contributed by atoms with Crippen LogP contribution in [0.5, 0.6) is 0 Å². The molecule has 0 saturated heterocycles. The highest BCUT2D eigenvalue weighted by Gasteiger charge is 2.39. The molecule has 0 amide bonds. The van der Waals surface area contributed by atoms with Crippen LogP contribution in [0.1, 0.15) is 107 Å². The molecular formula is C27H40F2. The van der Waals surface area contributed by atoms with Gasteiger partial charge in [-0.2, -0.15) is 0 Å². The minimum Gasteiger partial charge on any atom is -0.203 e. The first-order valence-corrected chi connectivity index (χ1v) is 12.5. The van der Waals surface area contributed by atoms with Crippen LogP contribution in [0.4, 0.5) is 8.78 Å². The summed E-state index contributed by atoms with van der Waals surface area (Å²) in [6, 6.07) is 3.58. The number of aryl methyl sites for hydroxylation is 1. The van der Waals surface area contributed by atoms with Gasteiger partial charge in [0.15, 0.2) is 11.6 Å². The molecule has 0 radical (unpaired) electrons. The first kappa shape index (κ1) is 21.3. The quantitative estimate of drug-likeness (QED) is 0.462. The second-order valence-electron chi connectivity index (χ2n) is 10.6. The molecule has 162 valence electrons. The van der Waals surface area contributed by atoms with Crippen molar-refractivity contribution in [3.05, 3.63) is 34.9 Å². The van der Waals surface area contributed by atoms with Crippen molar-refractivity contribution in [2.24, 2.45) is 29.6 Å². The van der Waals surface area contributed by atoms with Crippen LogP contribution in [0.15, 0.2) is 12.1 Å². The molecule has 0 spiro atoms. The van der Waals surface area contributed by atoms with E-state index in [4.69, 9.17) is 0 Å². The molecule has 3 fully saturated rings. The molecule has 4 atom stereocenters. The number of rotatable bonds is 5. The monoisotopic (exact) mass is 402 g/mol. The van der Waals surface area contributed by atoms with Crippen LogP contribution in [0.2, 0.25) is 0 Å². The zero-order valence-electron chi connectivity index (χ0n) is 18.6. The SMILES string of the molecule is CCCCC1CCC2CC(C3CCC(c4ccc(C)c(F)c4F)CC3)CCC2C1. The Morgan fingerprint density at radius 1 is 0.759 bits per heavy atom. The van der Waals surface area contributed by atoms with E-state index in [2.05, 4.69) is 6.92 Å². The van der Waals surface area contributed by atoms with Crippen LogP contribution in [0, 0.1) is 48.1 Å². The molecule has 1 aromatic rings. The molecule has 3 aliphatic rings. The van der Waals surface area contributed by atoms with Gasteiger partial charge in [0.25, 0.3) is 0 Å². The average Bonchev–Trinajstić information content (AvgIpc) is 2.76. The Labute approximate surface area is 176 Å². The standard InChI is InChI=1S/C27H40F2/c1-3-4-5-19-7-8-24-17-23(14-13-22(24)16-19)20-9-11-21(12-10-20)25-15-6-18(2)26(28)27(25)29/h6,15,19-24H,3-5,7-14,16-17H2,1-2H3. The second kappa shape index (κ2) is 9.48. The van der Waals surface area contributed by atoms with Crippen molar-refractivity contribution in [2.75, 3.05) is 0 Å². The average molecular weight is 403 g/mol. The zero-order chi connectivity index (χ0) is 20.4. The number of halogens is 2. The van der Waals surface area contributed by atoms with Crippen LogP contribution >= 0.6 is 0 Å². The molecule has 3 aliphatic carbocycles. The highest BCUT2D eigenvalue weighted by atomic mass is 19.2. The van der Waals surface area contributed by atoms with Gasteiger partial charge in [0.1, 0.15) is 0 Å². The summed E-state index contributed by atoms with van der Waals surface area (Å²) < 4.78 is 28.4. The summed E-state index contributed by atoms with van der Waals surface area (Å²) in [6.07, 6.45) is 17.5. The topological polar surface area (TPSA) is 0 Å². The van der Waals surface area contributed by atoms with Crippen LogP contribution < -0.4 is 0 Å². The van der Waals surface area contributed by atoms with Crippen LogP contribution in [-0.4, -0.2) is 0 Å². The number of unbranched alkanes of at least 4 members (excludes halogenated alkanes) is 1. The number of fused-ring (bicyclic) bond motifs is 1. The van der Waals surface area contributed by atoms with E-state index >= 15 is 0 Å². The van der Waals surface area contributed by atoms with Crippen LogP contribution in [0.25, 0.3) is 0 Å². The van der Waals surface area contributed by atoms with E-state index in [9.17, 15) is 8.78 Å². The molecule has 0 heterocycles. The van der Waals surface area contributed by atoms with E-state index in [1.54, 1.807) is 13.0 Å². The molecular weight excluding hydrogens is 362 g/mol. The molecule has 0 N–H and O–H groups in total. The van der Waals surface area contributed by atoms with Crippen molar-refractivity contribution in [1.82, 2.24) is 0 Å². The molecule has 29 heavy (non-hydrogen) atoms. The highest BCUT2D eigenvalue weighted by Crippen LogP contribution is 2.50. The Kier molecular flexibility index (Phi) is 6.97. The van der Waals surface area contributed by atoms with E-state index in [0.717, 1.165) is 42.4 Å². The van der Waals surface area contributed by atoms with Gasteiger partial charge in [0, 0.05) is 0 Å². The molecule has 0 bridgehead atoms. The molecule has 4 rings (SSSR count). The summed E-state index contributed by atoms with van der Waals surface area (Å²) in [6.45, 7) is 3.96. The summed E-state index contributed by atoms with van der Waals surface area (Å²) in [4.78, 5) is 0. The predicted octanol–water partition coefficient (Wildman–Crippen LogP) is 8.57. The van der Waals surface area contributed by atoms with Gasteiger partial charge < -0.3 is 0 Å². The first-order chi connectivity index (χ1) is 14.1.